The molecule has 0 aliphatic rings. The molecule has 0 spiro atoms. The summed E-state index contributed by atoms with van der Waals surface area (Å²) in [6, 6.07) is 11.6. The molecular formula is C14H16N2O3S2. The minimum atomic E-state index is -3.77. The summed E-state index contributed by atoms with van der Waals surface area (Å²) in [7, 11) is -2.35. The standard InChI is InChI=1S/C14H16N2O3S2/c1-19-13-7-6-10(15)8-14(13)21(17,18)16-11-4-3-5-12(9-11)20-2/h3-9,16H,15H2,1-2H3. The fraction of sp³-hybridized carbons (Fsp3) is 0.143. The van der Waals surface area contributed by atoms with Crippen LogP contribution in [0, 0.1) is 0 Å². The molecule has 2 rings (SSSR count). The summed E-state index contributed by atoms with van der Waals surface area (Å²) >= 11 is 1.54. The highest BCUT2D eigenvalue weighted by molar-refractivity contribution is 7.98. The fourth-order valence-electron chi connectivity index (χ4n) is 1.80. The van der Waals surface area contributed by atoms with E-state index in [9.17, 15) is 8.42 Å². The third-order valence-electron chi connectivity index (χ3n) is 2.80. The van der Waals surface area contributed by atoms with Gasteiger partial charge in [-0.25, -0.2) is 8.42 Å². The molecule has 0 saturated heterocycles. The largest absolute Gasteiger partial charge is 0.495 e. The second kappa shape index (κ2) is 6.28. The normalized spacial score (nSPS) is 11.1. The number of nitrogen functional groups attached to an aromatic ring is 1. The van der Waals surface area contributed by atoms with Crippen LogP contribution in [-0.4, -0.2) is 21.8 Å². The second-order valence-electron chi connectivity index (χ2n) is 4.25. The van der Waals surface area contributed by atoms with Crippen molar-refractivity contribution in [3.63, 3.8) is 0 Å². The van der Waals surface area contributed by atoms with E-state index in [4.69, 9.17) is 10.5 Å². The lowest BCUT2D eigenvalue weighted by Crippen LogP contribution is -2.14. The summed E-state index contributed by atoms with van der Waals surface area (Å²) in [5.74, 6) is 0.248. The predicted octanol–water partition coefficient (Wildman–Crippen LogP) is 2.80. The Kier molecular flexibility index (Phi) is 4.64. The van der Waals surface area contributed by atoms with Crippen LogP contribution in [0.5, 0.6) is 5.75 Å². The van der Waals surface area contributed by atoms with E-state index in [1.807, 2.05) is 12.3 Å². The maximum absolute atomic E-state index is 12.5. The number of anilines is 2. The van der Waals surface area contributed by atoms with E-state index in [0.29, 0.717) is 11.4 Å². The Morgan fingerprint density at radius 1 is 1.19 bits per heavy atom. The Morgan fingerprint density at radius 3 is 2.62 bits per heavy atom. The Bertz CT molecular complexity index is 746. The number of rotatable bonds is 5. The minimum absolute atomic E-state index is 0.0135. The molecule has 7 heteroatoms. The van der Waals surface area contributed by atoms with Crippen molar-refractivity contribution in [2.24, 2.45) is 0 Å². The molecular weight excluding hydrogens is 308 g/mol. The number of ether oxygens (including phenoxy) is 1. The van der Waals surface area contributed by atoms with Crippen molar-refractivity contribution >= 4 is 33.2 Å². The molecule has 0 saturated carbocycles. The van der Waals surface area contributed by atoms with E-state index in [-0.39, 0.29) is 10.6 Å². The third-order valence-corrected chi connectivity index (χ3v) is 4.93. The number of hydrogen-bond donors (Lipinski definition) is 2. The number of sulfonamides is 1. The third kappa shape index (κ3) is 3.62. The van der Waals surface area contributed by atoms with Gasteiger partial charge in [-0.1, -0.05) is 6.07 Å². The van der Waals surface area contributed by atoms with Crippen LogP contribution in [0.15, 0.2) is 52.3 Å². The number of nitrogens with one attached hydrogen (secondary N) is 1. The zero-order chi connectivity index (χ0) is 15.5. The fourth-order valence-corrected chi connectivity index (χ4v) is 3.51. The van der Waals surface area contributed by atoms with E-state index >= 15 is 0 Å². The average molecular weight is 324 g/mol. The maximum atomic E-state index is 12.5. The maximum Gasteiger partial charge on any atom is 0.265 e. The topological polar surface area (TPSA) is 81.4 Å². The first kappa shape index (κ1) is 15.5. The molecule has 0 fully saturated rings. The van der Waals surface area contributed by atoms with Crippen LogP contribution in [0.25, 0.3) is 0 Å². The highest BCUT2D eigenvalue weighted by atomic mass is 32.2. The van der Waals surface area contributed by atoms with Gasteiger partial charge in [0.15, 0.2) is 0 Å². The first-order valence-electron chi connectivity index (χ1n) is 6.06. The summed E-state index contributed by atoms with van der Waals surface area (Å²) in [6.45, 7) is 0. The molecule has 0 radical (unpaired) electrons. The van der Waals surface area contributed by atoms with Crippen molar-refractivity contribution in [2.75, 3.05) is 23.8 Å². The quantitative estimate of drug-likeness (QED) is 0.653. The van der Waals surface area contributed by atoms with E-state index < -0.39 is 10.0 Å². The van der Waals surface area contributed by atoms with E-state index in [1.54, 1.807) is 24.3 Å². The average Bonchev–Trinajstić information content (AvgIpc) is 2.47. The van der Waals surface area contributed by atoms with Crippen LogP contribution in [0.1, 0.15) is 0 Å². The second-order valence-corrected chi connectivity index (χ2v) is 6.78. The molecule has 0 amide bonds. The van der Waals surface area contributed by atoms with Crippen LogP contribution in [0.4, 0.5) is 11.4 Å². The van der Waals surface area contributed by atoms with Crippen LogP contribution in [0.3, 0.4) is 0 Å². The molecule has 0 aliphatic carbocycles. The smallest absolute Gasteiger partial charge is 0.265 e. The molecule has 112 valence electrons. The van der Waals surface area contributed by atoms with E-state index in [0.717, 1.165) is 4.90 Å². The molecule has 21 heavy (non-hydrogen) atoms. The number of methoxy groups -OCH3 is 1. The first-order valence-corrected chi connectivity index (χ1v) is 8.77. The summed E-state index contributed by atoms with van der Waals surface area (Å²) in [5.41, 5.74) is 6.51. The minimum Gasteiger partial charge on any atom is -0.495 e. The molecule has 0 aromatic heterocycles. The van der Waals surface area contributed by atoms with Gasteiger partial charge in [0.2, 0.25) is 0 Å². The zero-order valence-electron chi connectivity index (χ0n) is 11.7. The molecule has 0 unspecified atom stereocenters. The Labute approximate surface area is 128 Å². The molecule has 0 bridgehead atoms. The summed E-state index contributed by atoms with van der Waals surface area (Å²) in [6.07, 6.45) is 1.93. The Morgan fingerprint density at radius 2 is 1.95 bits per heavy atom. The van der Waals surface area contributed by atoms with Gasteiger partial charge < -0.3 is 10.5 Å². The molecule has 0 atom stereocenters. The molecule has 2 aromatic rings. The number of thioether (sulfide) groups is 1. The molecule has 3 N–H and O–H groups in total. The lowest BCUT2D eigenvalue weighted by atomic mass is 10.3. The number of benzene rings is 2. The van der Waals surface area contributed by atoms with Gasteiger partial charge in [-0.3, -0.25) is 4.72 Å². The van der Waals surface area contributed by atoms with Gasteiger partial charge in [0.1, 0.15) is 10.6 Å². The lowest BCUT2D eigenvalue weighted by molar-refractivity contribution is 0.403. The first-order chi connectivity index (χ1) is 9.96. The molecule has 2 aromatic carbocycles. The van der Waals surface area contributed by atoms with Gasteiger partial charge in [-0.2, -0.15) is 0 Å². The summed E-state index contributed by atoms with van der Waals surface area (Å²) < 4.78 is 32.6. The van der Waals surface area contributed by atoms with Gasteiger partial charge in [0.25, 0.3) is 10.0 Å². The van der Waals surface area contributed by atoms with Gasteiger partial charge >= 0.3 is 0 Å². The Hall–Kier alpha value is -1.86. The SMILES string of the molecule is COc1ccc(N)cc1S(=O)(=O)Nc1cccc(SC)c1. The predicted molar refractivity (Wildman–Crippen MR) is 86.4 cm³/mol. The van der Waals surface area contributed by atoms with Crippen LogP contribution >= 0.6 is 11.8 Å². The Balaban J connectivity index is 2.40. The molecule has 0 heterocycles. The van der Waals surface area contributed by atoms with Crippen LogP contribution < -0.4 is 15.2 Å². The summed E-state index contributed by atoms with van der Waals surface area (Å²) in [4.78, 5) is 0.981. The number of nitrogens with two attached hydrogens (primary N) is 1. The van der Waals surface area contributed by atoms with Crippen molar-refractivity contribution in [3.8, 4) is 5.75 Å². The van der Waals surface area contributed by atoms with Gasteiger partial charge in [-0.15, -0.1) is 11.8 Å². The molecule has 5 nitrogen and oxygen atoms in total. The lowest BCUT2D eigenvalue weighted by Gasteiger charge is -2.12. The van der Waals surface area contributed by atoms with Crippen molar-refractivity contribution < 1.29 is 13.2 Å². The zero-order valence-corrected chi connectivity index (χ0v) is 13.3. The highest BCUT2D eigenvalue weighted by Gasteiger charge is 2.20. The van der Waals surface area contributed by atoms with Crippen molar-refractivity contribution in [1.82, 2.24) is 0 Å². The van der Waals surface area contributed by atoms with Gasteiger partial charge in [0.05, 0.1) is 7.11 Å². The van der Waals surface area contributed by atoms with E-state index in [1.165, 1.54) is 31.0 Å². The van der Waals surface area contributed by atoms with Crippen LogP contribution in [0.2, 0.25) is 0 Å². The highest BCUT2D eigenvalue weighted by Crippen LogP contribution is 2.28. The van der Waals surface area contributed by atoms with Gasteiger partial charge in [-0.05, 0) is 42.7 Å². The van der Waals surface area contributed by atoms with Crippen molar-refractivity contribution in [2.45, 2.75) is 9.79 Å². The van der Waals surface area contributed by atoms with E-state index in [2.05, 4.69) is 4.72 Å². The van der Waals surface area contributed by atoms with Gasteiger partial charge in [0, 0.05) is 16.3 Å². The van der Waals surface area contributed by atoms with Crippen molar-refractivity contribution in [1.29, 1.82) is 0 Å². The van der Waals surface area contributed by atoms with Crippen LogP contribution in [-0.2, 0) is 10.0 Å². The monoisotopic (exact) mass is 324 g/mol. The number of hydrogen-bond acceptors (Lipinski definition) is 5. The summed E-state index contributed by atoms with van der Waals surface area (Å²) in [5, 5.41) is 0. The molecule has 0 aliphatic heterocycles. The van der Waals surface area contributed by atoms with Crippen molar-refractivity contribution in [3.05, 3.63) is 42.5 Å².